The van der Waals surface area contributed by atoms with E-state index >= 15 is 0 Å². The number of amides is 2. The number of hydrogen-bond acceptors (Lipinski definition) is 2. The molecule has 0 fully saturated rings. The molecule has 0 aliphatic carbocycles. The zero-order valence-electron chi connectivity index (χ0n) is 11.0. The highest BCUT2D eigenvalue weighted by atomic mass is 19.1. The Balaban J connectivity index is 2.84. The largest absolute Gasteiger partial charge is 0.344 e. The molecule has 0 aliphatic rings. The molecule has 1 atom stereocenters. The fourth-order valence-corrected chi connectivity index (χ4v) is 1.56. The van der Waals surface area contributed by atoms with Crippen molar-refractivity contribution in [3.8, 4) is 0 Å². The van der Waals surface area contributed by atoms with Gasteiger partial charge in [-0.25, -0.2) is 8.78 Å². The van der Waals surface area contributed by atoms with Crippen molar-refractivity contribution in [2.75, 3.05) is 5.32 Å². The molecule has 0 radical (unpaired) electrons. The van der Waals surface area contributed by atoms with E-state index in [9.17, 15) is 18.4 Å². The lowest BCUT2D eigenvalue weighted by Gasteiger charge is -2.21. The molecule has 0 spiro atoms. The summed E-state index contributed by atoms with van der Waals surface area (Å²) in [7, 11) is 0. The van der Waals surface area contributed by atoms with Crippen LogP contribution in [0.2, 0.25) is 0 Å². The third-order valence-corrected chi connectivity index (χ3v) is 2.50. The second-order valence-electron chi connectivity index (χ2n) is 4.54. The van der Waals surface area contributed by atoms with Crippen molar-refractivity contribution in [2.24, 2.45) is 5.92 Å². The van der Waals surface area contributed by atoms with Crippen LogP contribution in [0.4, 0.5) is 14.5 Å². The molecule has 0 saturated carbocycles. The zero-order valence-corrected chi connectivity index (χ0v) is 11.0. The molecule has 0 saturated heterocycles. The first-order chi connectivity index (χ1) is 8.81. The maximum Gasteiger partial charge on any atom is 0.247 e. The van der Waals surface area contributed by atoms with Gasteiger partial charge in [-0.15, -0.1) is 0 Å². The molecule has 2 N–H and O–H groups in total. The highest BCUT2D eigenvalue weighted by Crippen LogP contribution is 2.16. The molecular formula is C13H16F2N2O2. The molecule has 0 aromatic heterocycles. The van der Waals surface area contributed by atoms with Gasteiger partial charge >= 0.3 is 0 Å². The summed E-state index contributed by atoms with van der Waals surface area (Å²) in [4.78, 5) is 23.0. The average Bonchev–Trinajstić information content (AvgIpc) is 2.29. The predicted octanol–water partition coefficient (Wildman–Crippen LogP) is 2.06. The van der Waals surface area contributed by atoms with Crippen molar-refractivity contribution >= 4 is 17.5 Å². The number of carbonyl (C=O) groups is 2. The molecule has 1 aromatic rings. The monoisotopic (exact) mass is 270 g/mol. The topological polar surface area (TPSA) is 58.2 Å². The van der Waals surface area contributed by atoms with Crippen molar-refractivity contribution in [2.45, 2.75) is 26.8 Å². The molecule has 2 amide bonds. The van der Waals surface area contributed by atoms with E-state index in [2.05, 4.69) is 10.6 Å². The third kappa shape index (κ3) is 4.31. The van der Waals surface area contributed by atoms with Crippen LogP contribution in [0, 0.1) is 17.6 Å². The summed E-state index contributed by atoms with van der Waals surface area (Å²) in [6, 6.07) is 2.08. The van der Waals surface area contributed by atoms with Gasteiger partial charge in [-0.3, -0.25) is 9.59 Å². The van der Waals surface area contributed by atoms with Gasteiger partial charge in [-0.1, -0.05) is 13.8 Å². The third-order valence-electron chi connectivity index (χ3n) is 2.50. The number of nitrogens with one attached hydrogen (secondary N) is 2. The number of anilines is 1. The number of benzene rings is 1. The molecule has 19 heavy (non-hydrogen) atoms. The summed E-state index contributed by atoms with van der Waals surface area (Å²) < 4.78 is 26.1. The Kier molecular flexibility index (Phi) is 4.97. The maximum atomic E-state index is 13.4. The van der Waals surface area contributed by atoms with E-state index in [0.29, 0.717) is 6.07 Å². The van der Waals surface area contributed by atoms with Crippen molar-refractivity contribution in [1.29, 1.82) is 0 Å². The summed E-state index contributed by atoms with van der Waals surface area (Å²) in [6.07, 6.45) is 0. The first-order valence-electron chi connectivity index (χ1n) is 5.84. The molecule has 0 heterocycles. The first kappa shape index (κ1) is 15.1. The lowest BCUT2D eigenvalue weighted by molar-refractivity contribution is -0.126. The highest BCUT2D eigenvalue weighted by Gasteiger charge is 2.23. The van der Waals surface area contributed by atoms with Crippen LogP contribution >= 0.6 is 0 Å². The van der Waals surface area contributed by atoms with Crippen molar-refractivity contribution in [3.63, 3.8) is 0 Å². The van der Waals surface area contributed by atoms with E-state index in [4.69, 9.17) is 0 Å². The highest BCUT2D eigenvalue weighted by molar-refractivity contribution is 5.97. The Morgan fingerprint density at radius 3 is 2.32 bits per heavy atom. The van der Waals surface area contributed by atoms with Crippen LogP contribution in [-0.4, -0.2) is 17.9 Å². The van der Waals surface area contributed by atoms with Crippen molar-refractivity contribution in [1.82, 2.24) is 5.32 Å². The van der Waals surface area contributed by atoms with Crippen molar-refractivity contribution in [3.05, 3.63) is 29.8 Å². The normalized spacial score (nSPS) is 12.1. The van der Waals surface area contributed by atoms with Gasteiger partial charge in [0.2, 0.25) is 11.8 Å². The van der Waals surface area contributed by atoms with Gasteiger partial charge in [0.1, 0.15) is 17.7 Å². The summed E-state index contributed by atoms with van der Waals surface area (Å²) in [5, 5.41) is 4.81. The second kappa shape index (κ2) is 6.26. The first-order valence-corrected chi connectivity index (χ1v) is 5.84. The summed E-state index contributed by atoms with van der Waals surface area (Å²) in [5.41, 5.74) is -0.123. The molecule has 6 heteroatoms. The van der Waals surface area contributed by atoms with Gasteiger partial charge in [0, 0.05) is 13.0 Å². The predicted molar refractivity (Wildman–Crippen MR) is 67.4 cm³/mol. The quantitative estimate of drug-likeness (QED) is 0.880. The Bertz CT molecular complexity index is 490. The average molecular weight is 270 g/mol. The number of halogens is 2. The van der Waals surface area contributed by atoms with Gasteiger partial charge < -0.3 is 10.6 Å². The molecule has 104 valence electrons. The number of rotatable bonds is 4. The van der Waals surface area contributed by atoms with Gasteiger partial charge in [0.05, 0.1) is 5.69 Å². The van der Waals surface area contributed by atoms with Crippen LogP contribution in [0.3, 0.4) is 0 Å². The minimum Gasteiger partial charge on any atom is -0.344 e. The Morgan fingerprint density at radius 1 is 1.21 bits per heavy atom. The molecular weight excluding hydrogens is 254 g/mol. The molecule has 0 bridgehead atoms. The minimum atomic E-state index is -0.862. The Labute approximate surface area is 110 Å². The standard InChI is InChI=1S/C13H16F2N2O2/c1-7(2)12(16-8(3)18)13(19)17-11-5-4-9(14)6-10(11)15/h4-7,12H,1-3H3,(H,16,18)(H,17,19). The summed E-state index contributed by atoms with van der Waals surface area (Å²) >= 11 is 0. The van der Waals surface area contributed by atoms with E-state index in [1.165, 1.54) is 6.92 Å². The second-order valence-corrected chi connectivity index (χ2v) is 4.54. The number of hydrogen-bond donors (Lipinski definition) is 2. The van der Waals surface area contributed by atoms with E-state index in [0.717, 1.165) is 12.1 Å². The minimum absolute atomic E-state index is 0.123. The van der Waals surface area contributed by atoms with Crippen LogP contribution in [0.15, 0.2) is 18.2 Å². The van der Waals surface area contributed by atoms with Gasteiger partial charge in [-0.05, 0) is 18.1 Å². The van der Waals surface area contributed by atoms with Crippen LogP contribution in [0.5, 0.6) is 0 Å². The Hall–Kier alpha value is -1.98. The molecule has 1 aromatic carbocycles. The van der Waals surface area contributed by atoms with Crippen LogP contribution in [0.25, 0.3) is 0 Å². The van der Waals surface area contributed by atoms with E-state index < -0.39 is 23.6 Å². The van der Waals surface area contributed by atoms with E-state index in [1.54, 1.807) is 13.8 Å². The van der Waals surface area contributed by atoms with E-state index in [-0.39, 0.29) is 17.5 Å². The fraction of sp³-hybridized carbons (Fsp3) is 0.385. The summed E-state index contributed by atoms with van der Waals surface area (Å²) in [6.45, 7) is 4.80. The van der Waals surface area contributed by atoms with Crippen LogP contribution < -0.4 is 10.6 Å². The molecule has 1 rings (SSSR count). The van der Waals surface area contributed by atoms with Gasteiger partial charge in [0.25, 0.3) is 0 Å². The SMILES string of the molecule is CC(=O)NC(C(=O)Nc1ccc(F)cc1F)C(C)C. The van der Waals surface area contributed by atoms with E-state index in [1.807, 2.05) is 0 Å². The van der Waals surface area contributed by atoms with Gasteiger partial charge in [-0.2, -0.15) is 0 Å². The molecule has 1 unspecified atom stereocenters. The van der Waals surface area contributed by atoms with Crippen LogP contribution in [0.1, 0.15) is 20.8 Å². The summed E-state index contributed by atoms with van der Waals surface area (Å²) in [5.74, 6) is -2.65. The van der Waals surface area contributed by atoms with Gasteiger partial charge in [0.15, 0.2) is 0 Å². The molecule has 0 aliphatic heterocycles. The zero-order chi connectivity index (χ0) is 14.6. The van der Waals surface area contributed by atoms with Crippen molar-refractivity contribution < 1.29 is 18.4 Å². The maximum absolute atomic E-state index is 13.4. The molecule has 4 nitrogen and oxygen atoms in total. The lowest BCUT2D eigenvalue weighted by atomic mass is 10.0. The van der Waals surface area contributed by atoms with Crippen LogP contribution in [-0.2, 0) is 9.59 Å². The lowest BCUT2D eigenvalue weighted by Crippen LogP contribution is -2.46. The smallest absolute Gasteiger partial charge is 0.247 e. The fourth-order valence-electron chi connectivity index (χ4n) is 1.56. The number of carbonyl (C=O) groups excluding carboxylic acids is 2. The Morgan fingerprint density at radius 2 is 1.84 bits per heavy atom.